The second kappa shape index (κ2) is 6.10. The molecule has 0 aliphatic carbocycles. The molecule has 3 rings (SSSR count). The van der Waals surface area contributed by atoms with Crippen LogP contribution in [0.4, 0.5) is 0 Å². The number of rotatable bonds is 4. The van der Waals surface area contributed by atoms with Crippen LogP contribution in [0.3, 0.4) is 0 Å². The van der Waals surface area contributed by atoms with Gasteiger partial charge in [0.1, 0.15) is 5.69 Å². The number of carbonyl (C=O) groups excluding carboxylic acids is 1. The molecule has 110 valence electrons. The van der Waals surface area contributed by atoms with E-state index in [4.69, 9.17) is 9.26 Å². The molecule has 1 atom stereocenters. The third-order valence-electron chi connectivity index (χ3n) is 3.60. The first-order valence-corrected chi connectivity index (χ1v) is 7.16. The Morgan fingerprint density at radius 1 is 1.38 bits per heavy atom. The maximum Gasteiger partial charge on any atom is 0.290 e. The van der Waals surface area contributed by atoms with E-state index < -0.39 is 0 Å². The number of ether oxygens (including phenoxy) is 1. The van der Waals surface area contributed by atoms with Crippen LogP contribution in [0.5, 0.6) is 0 Å². The molecule has 0 saturated carbocycles. The molecule has 2 aromatic rings. The molecule has 2 heterocycles. The largest absolute Gasteiger partial charge is 0.376 e. The highest BCUT2D eigenvalue weighted by Crippen LogP contribution is 2.19. The van der Waals surface area contributed by atoms with Crippen LogP contribution in [0.25, 0.3) is 11.3 Å². The molecule has 0 unspecified atom stereocenters. The van der Waals surface area contributed by atoms with Crippen LogP contribution in [0.15, 0.2) is 34.9 Å². The van der Waals surface area contributed by atoms with Crippen molar-refractivity contribution in [2.24, 2.45) is 0 Å². The summed E-state index contributed by atoms with van der Waals surface area (Å²) in [5, 5.41) is 6.77. The van der Waals surface area contributed by atoms with E-state index in [2.05, 4.69) is 10.5 Å². The first kappa shape index (κ1) is 13.8. The van der Waals surface area contributed by atoms with E-state index in [1.165, 1.54) is 5.56 Å². The Morgan fingerprint density at radius 2 is 2.19 bits per heavy atom. The van der Waals surface area contributed by atoms with Crippen molar-refractivity contribution in [3.8, 4) is 11.3 Å². The lowest BCUT2D eigenvalue weighted by Gasteiger charge is -2.08. The fraction of sp³-hybridized carbons (Fsp3) is 0.375. The first-order chi connectivity index (χ1) is 10.2. The number of nitrogens with one attached hydrogen (secondary N) is 1. The van der Waals surface area contributed by atoms with Gasteiger partial charge < -0.3 is 14.6 Å². The van der Waals surface area contributed by atoms with Crippen LogP contribution >= 0.6 is 0 Å². The highest BCUT2D eigenvalue weighted by atomic mass is 16.5. The molecule has 5 heteroatoms. The fourth-order valence-corrected chi connectivity index (χ4v) is 2.34. The molecule has 1 fully saturated rings. The molecule has 1 aromatic carbocycles. The lowest BCUT2D eigenvalue weighted by molar-refractivity contribution is 0.0828. The van der Waals surface area contributed by atoms with Crippen molar-refractivity contribution in [2.45, 2.75) is 25.9 Å². The van der Waals surface area contributed by atoms with Crippen LogP contribution < -0.4 is 5.32 Å². The van der Waals surface area contributed by atoms with Gasteiger partial charge in [-0.2, -0.15) is 0 Å². The molecule has 1 aliphatic heterocycles. The summed E-state index contributed by atoms with van der Waals surface area (Å²) in [7, 11) is 0. The Balaban J connectivity index is 1.63. The van der Waals surface area contributed by atoms with Gasteiger partial charge in [-0.25, -0.2) is 0 Å². The second-order valence-corrected chi connectivity index (χ2v) is 5.29. The van der Waals surface area contributed by atoms with E-state index in [0.29, 0.717) is 12.2 Å². The summed E-state index contributed by atoms with van der Waals surface area (Å²) in [4.78, 5) is 12.0. The van der Waals surface area contributed by atoms with E-state index in [0.717, 1.165) is 25.0 Å². The molecule has 21 heavy (non-hydrogen) atoms. The van der Waals surface area contributed by atoms with Gasteiger partial charge in [0.05, 0.1) is 6.10 Å². The molecular weight excluding hydrogens is 268 g/mol. The molecule has 1 saturated heterocycles. The zero-order valence-corrected chi connectivity index (χ0v) is 12.0. The predicted molar refractivity (Wildman–Crippen MR) is 78.0 cm³/mol. The summed E-state index contributed by atoms with van der Waals surface area (Å²) in [6.07, 6.45) is 2.17. The number of hydrogen-bond acceptors (Lipinski definition) is 4. The average molecular weight is 286 g/mol. The summed E-state index contributed by atoms with van der Waals surface area (Å²) in [6.45, 7) is 3.32. The Morgan fingerprint density at radius 3 is 2.90 bits per heavy atom. The van der Waals surface area contributed by atoms with E-state index in [-0.39, 0.29) is 17.8 Å². The van der Waals surface area contributed by atoms with E-state index >= 15 is 0 Å². The zero-order chi connectivity index (χ0) is 14.7. The maximum atomic E-state index is 12.0. The van der Waals surface area contributed by atoms with E-state index in [1.54, 1.807) is 6.07 Å². The zero-order valence-electron chi connectivity index (χ0n) is 12.0. The summed E-state index contributed by atoms with van der Waals surface area (Å²) in [5.41, 5.74) is 2.77. The van der Waals surface area contributed by atoms with Gasteiger partial charge in [0.15, 0.2) is 0 Å². The number of benzene rings is 1. The summed E-state index contributed by atoms with van der Waals surface area (Å²) >= 11 is 0. The van der Waals surface area contributed by atoms with Crippen molar-refractivity contribution >= 4 is 5.91 Å². The average Bonchev–Trinajstić information content (AvgIpc) is 3.17. The van der Waals surface area contributed by atoms with E-state index in [1.807, 2.05) is 31.2 Å². The topological polar surface area (TPSA) is 64.4 Å². The first-order valence-electron chi connectivity index (χ1n) is 7.16. The van der Waals surface area contributed by atoms with Crippen molar-refractivity contribution in [1.82, 2.24) is 10.5 Å². The van der Waals surface area contributed by atoms with Crippen molar-refractivity contribution < 1.29 is 14.1 Å². The number of hydrogen-bond donors (Lipinski definition) is 1. The minimum Gasteiger partial charge on any atom is -0.376 e. The summed E-state index contributed by atoms with van der Waals surface area (Å²) in [5.74, 6) is -0.0278. The Kier molecular flexibility index (Phi) is 4.01. The molecular formula is C16H18N2O3. The van der Waals surface area contributed by atoms with Gasteiger partial charge in [-0.15, -0.1) is 0 Å². The van der Waals surface area contributed by atoms with Crippen molar-refractivity contribution in [1.29, 1.82) is 0 Å². The highest BCUT2D eigenvalue weighted by Gasteiger charge is 2.19. The standard InChI is InChI=1S/C16H18N2O3/c1-11-4-6-12(7-5-11)14-9-15(21-18-14)16(19)17-10-13-3-2-8-20-13/h4-7,9,13H,2-3,8,10H2,1H3,(H,17,19)/t13-/m0/s1. The molecule has 0 radical (unpaired) electrons. The molecule has 0 spiro atoms. The maximum absolute atomic E-state index is 12.0. The lowest BCUT2D eigenvalue weighted by Crippen LogP contribution is -2.31. The van der Waals surface area contributed by atoms with Crippen molar-refractivity contribution in [3.63, 3.8) is 0 Å². The smallest absolute Gasteiger partial charge is 0.290 e. The molecule has 1 amide bonds. The van der Waals surface area contributed by atoms with Crippen LogP contribution in [0, 0.1) is 6.92 Å². The van der Waals surface area contributed by atoms with Gasteiger partial charge >= 0.3 is 0 Å². The van der Waals surface area contributed by atoms with Gasteiger partial charge in [-0.05, 0) is 19.8 Å². The van der Waals surface area contributed by atoms with Crippen LogP contribution in [0.1, 0.15) is 29.0 Å². The van der Waals surface area contributed by atoms with Gasteiger partial charge in [0.2, 0.25) is 5.76 Å². The molecule has 1 aromatic heterocycles. The fourth-order valence-electron chi connectivity index (χ4n) is 2.34. The molecule has 1 aliphatic rings. The number of amides is 1. The molecule has 1 N–H and O–H groups in total. The quantitative estimate of drug-likeness (QED) is 0.938. The predicted octanol–water partition coefficient (Wildman–Crippen LogP) is 2.56. The third-order valence-corrected chi connectivity index (χ3v) is 3.60. The monoisotopic (exact) mass is 286 g/mol. The summed E-state index contributed by atoms with van der Waals surface area (Å²) < 4.78 is 10.6. The number of nitrogens with zero attached hydrogens (tertiary/aromatic N) is 1. The number of aryl methyl sites for hydroxylation is 1. The third kappa shape index (κ3) is 3.31. The normalized spacial score (nSPS) is 17.9. The van der Waals surface area contributed by atoms with Gasteiger partial charge in [-0.3, -0.25) is 4.79 Å². The highest BCUT2D eigenvalue weighted by molar-refractivity contribution is 5.92. The van der Waals surface area contributed by atoms with Crippen molar-refractivity contribution in [2.75, 3.05) is 13.2 Å². The Hall–Kier alpha value is -2.14. The summed E-state index contributed by atoms with van der Waals surface area (Å²) in [6, 6.07) is 9.58. The Bertz CT molecular complexity index is 613. The van der Waals surface area contributed by atoms with Gasteiger partial charge in [0, 0.05) is 24.8 Å². The lowest BCUT2D eigenvalue weighted by atomic mass is 10.1. The second-order valence-electron chi connectivity index (χ2n) is 5.29. The van der Waals surface area contributed by atoms with Gasteiger partial charge in [-0.1, -0.05) is 35.0 Å². The van der Waals surface area contributed by atoms with Crippen LogP contribution in [-0.2, 0) is 4.74 Å². The number of aromatic nitrogens is 1. The van der Waals surface area contributed by atoms with Crippen LogP contribution in [0.2, 0.25) is 0 Å². The SMILES string of the molecule is Cc1ccc(-c2cc(C(=O)NC[C@@H]3CCCO3)on2)cc1. The molecule has 0 bridgehead atoms. The van der Waals surface area contributed by atoms with Crippen molar-refractivity contribution in [3.05, 3.63) is 41.7 Å². The Labute approximate surface area is 123 Å². The molecule has 5 nitrogen and oxygen atoms in total. The van der Waals surface area contributed by atoms with E-state index in [9.17, 15) is 4.79 Å². The van der Waals surface area contributed by atoms with Gasteiger partial charge in [0.25, 0.3) is 5.91 Å². The van der Waals surface area contributed by atoms with Crippen LogP contribution in [-0.4, -0.2) is 30.3 Å². The minimum atomic E-state index is -0.253. The minimum absolute atomic E-state index is 0.119. The number of carbonyl (C=O) groups is 1.